The fraction of sp³-hybridized carbons (Fsp3) is 0.500. The molecule has 2 aromatic rings. The highest BCUT2D eigenvalue weighted by molar-refractivity contribution is 5.83. The quantitative estimate of drug-likeness (QED) is 0.809. The summed E-state index contributed by atoms with van der Waals surface area (Å²) in [5, 5.41) is 7.28. The van der Waals surface area contributed by atoms with Gasteiger partial charge in [0.25, 0.3) is 0 Å². The van der Waals surface area contributed by atoms with Gasteiger partial charge in [0, 0.05) is 62.2 Å². The SMILES string of the molecule is CC(C)n1cc(CNC(=O)[C@H]2CCC(=O)N(CCc3ccccn3)C2)cn1. The second-order valence-corrected chi connectivity index (χ2v) is 7.29. The van der Waals surface area contributed by atoms with Crippen LogP contribution in [0, 0.1) is 5.92 Å². The summed E-state index contributed by atoms with van der Waals surface area (Å²) in [5.41, 5.74) is 1.94. The zero-order valence-corrected chi connectivity index (χ0v) is 16.0. The molecule has 1 aliphatic heterocycles. The highest BCUT2D eigenvalue weighted by Gasteiger charge is 2.29. The summed E-state index contributed by atoms with van der Waals surface area (Å²) >= 11 is 0. The van der Waals surface area contributed by atoms with Gasteiger partial charge in [-0.1, -0.05) is 6.07 Å². The summed E-state index contributed by atoms with van der Waals surface area (Å²) in [5.74, 6) is -0.0394. The second kappa shape index (κ2) is 8.79. The van der Waals surface area contributed by atoms with Crippen molar-refractivity contribution in [2.75, 3.05) is 13.1 Å². The standard InChI is InChI=1S/C20H27N5O2/c1-15(2)25-13-16(12-23-25)11-22-20(27)17-6-7-19(26)24(14-17)10-8-18-5-3-4-9-21-18/h3-5,9,12-13,15,17H,6-8,10-11,14H2,1-2H3,(H,22,27)/t17-/m0/s1. The lowest BCUT2D eigenvalue weighted by Gasteiger charge is -2.31. The molecule has 2 aromatic heterocycles. The summed E-state index contributed by atoms with van der Waals surface area (Å²) in [6, 6.07) is 6.07. The summed E-state index contributed by atoms with van der Waals surface area (Å²) < 4.78 is 1.88. The predicted octanol–water partition coefficient (Wildman–Crippen LogP) is 1.96. The Hall–Kier alpha value is -2.70. The molecule has 1 aliphatic rings. The number of hydrogen-bond donors (Lipinski definition) is 1. The Balaban J connectivity index is 1.50. The average molecular weight is 369 g/mol. The van der Waals surface area contributed by atoms with Gasteiger partial charge in [-0.2, -0.15) is 5.10 Å². The van der Waals surface area contributed by atoms with Crippen LogP contribution >= 0.6 is 0 Å². The Labute approximate surface area is 159 Å². The van der Waals surface area contributed by atoms with Crippen molar-refractivity contribution in [2.45, 2.75) is 45.7 Å². The van der Waals surface area contributed by atoms with Gasteiger partial charge in [-0.15, -0.1) is 0 Å². The zero-order valence-electron chi connectivity index (χ0n) is 16.0. The Bertz CT molecular complexity index is 772. The maximum absolute atomic E-state index is 12.5. The smallest absolute Gasteiger partial charge is 0.225 e. The van der Waals surface area contributed by atoms with Crippen LogP contribution in [0.2, 0.25) is 0 Å². The molecule has 2 amide bonds. The van der Waals surface area contributed by atoms with Crippen molar-refractivity contribution in [1.82, 2.24) is 25.0 Å². The van der Waals surface area contributed by atoms with Crippen molar-refractivity contribution < 1.29 is 9.59 Å². The van der Waals surface area contributed by atoms with E-state index in [1.54, 1.807) is 17.3 Å². The van der Waals surface area contributed by atoms with Crippen LogP contribution in [0.15, 0.2) is 36.8 Å². The van der Waals surface area contributed by atoms with Gasteiger partial charge in [0.15, 0.2) is 0 Å². The second-order valence-electron chi connectivity index (χ2n) is 7.29. The van der Waals surface area contributed by atoms with Crippen LogP contribution < -0.4 is 5.32 Å². The van der Waals surface area contributed by atoms with E-state index in [-0.39, 0.29) is 17.7 Å². The molecule has 7 heteroatoms. The first-order valence-corrected chi connectivity index (χ1v) is 9.51. The highest BCUT2D eigenvalue weighted by Crippen LogP contribution is 2.18. The zero-order chi connectivity index (χ0) is 19.2. The van der Waals surface area contributed by atoms with Gasteiger partial charge < -0.3 is 10.2 Å². The summed E-state index contributed by atoms with van der Waals surface area (Å²) in [6.45, 7) is 5.66. The monoisotopic (exact) mass is 369 g/mol. The lowest BCUT2D eigenvalue weighted by atomic mass is 9.96. The van der Waals surface area contributed by atoms with Crippen molar-refractivity contribution in [3.63, 3.8) is 0 Å². The van der Waals surface area contributed by atoms with Gasteiger partial charge in [-0.25, -0.2) is 0 Å². The van der Waals surface area contributed by atoms with E-state index in [1.807, 2.05) is 29.1 Å². The normalized spacial score (nSPS) is 17.4. The number of piperidine rings is 1. The van der Waals surface area contributed by atoms with E-state index < -0.39 is 0 Å². The molecule has 1 atom stereocenters. The van der Waals surface area contributed by atoms with Gasteiger partial charge in [-0.05, 0) is 32.4 Å². The minimum absolute atomic E-state index is 0.00244. The summed E-state index contributed by atoms with van der Waals surface area (Å²) in [7, 11) is 0. The maximum atomic E-state index is 12.5. The van der Waals surface area contributed by atoms with E-state index in [1.165, 1.54) is 0 Å². The van der Waals surface area contributed by atoms with Crippen LogP contribution in [-0.4, -0.2) is 44.6 Å². The van der Waals surface area contributed by atoms with E-state index in [2.05, 4.69) is 29.2 Å². The van der Waals surface area contributed by atoms with E-state index in [9.17, 15) is 9.59 Å². The van der Waals surface area contributed by atoms with E-state index in [4.69, 9.17) is 0 Å². The minimum Gasteiger partial charge on any atom is -0.352 e. The van der Waals surface area contributed by atoms with Gasteiger partial charge in [-0.3, -0.25) is 19.3 Å². The number of carbonyl (C=O) groups excluding carboxylic acids is 2. The van der Waals surface area contributed by atoms with Gasteiger partial charge in [0.2, 0.25) is 11.8 Å². The third kappa shape index (κ3) is 5.15. The maximum Gasteiger partial charge on any atom is 0.225 e. The molecule has 0 spiro atoms. The number of likely N-dealkylation sites (tertiary alicyclic amines) is 1. The molecule has 1 fully saturated rings. The van der Waals surface area contributed by atoms with Crippen molar-refractivity contribution in [3.05, 3.63) is 48.0 Å². The number of amides is 2. The van der Waals surface area contributed by atoms with E-state index in [0.717, 1.165) is 11.3 Å². The largest absolute Gasteiger partial charge is 0.352 e. The molecular weight excluding hydrogens is 342 g/mol. The first kappa shape index (κ1) is 19.1. The number of nitrogens with one attached hydrogen (secondary N) is 1. The van der Waals surface area contributed by atoms with Gasteiger partial charge in [0.05, 0.1) is 12.1 Å². The number of nitrogens with zero attached hydrogens (tertiary/aromatic N) is 4. The molecule has 3 heterocycles. The van der Waals surface area contributed by atoms with E-state index in [0.29, 0.717) is 44.9 Å². The molecule has 1 saturated heterocycles. The van der Waals surface area contributed by atoms with E-state index >= 15 is 0 Å². The van der Waals surface area contributed by atoms with Gasteiger partial charge >= 0.3 is 0 Å². The molecule has 0 aliphatic carbocycles. The number of pyridine rings is 1. The fourth-order valence-electron chi connectivity index (χ4n) is 3.23. The molecule has 0 unspecified atom stereocenters. The molecule has 0 bridgehead atoms. The molecule has 144 valence electrons. The summed E-state index contributed by atoms with van der Waals surface area (Å²) in [4.78, 5) is 30.8. The topological polar surface area (TPSA) is 80.1 Å². The number of aromatic nitrogens is 3. The Morgan fingerprint density at radius 2 is 2.22 bits per heavy atom. The molecule has 0 aromatic carbocycles. The number of carbonyl (C=O) groups is 2. The van der Waals surface area contributed by atoms with Crippen LogP contribution in [0.25, 0.3) is 0 Å². The Kier molecular flexibility index (Phi) is 6.21. The van der Waals surface area contributed by atoms with Crippen LogP contribution in [-0.2, 0) is 22.6 Å². The Morgan fingerprint density at radius 1 is 1.37 bits per heavy atom. The molecule has 1 N–H and O–H groups in total. The molecule has 7 nitrogen and oxygen atoms in total. The van der Waals surface area contributed by atoms with Crippen molar-refractivity contribution >= 4 is 11.8 Å². The minimum atomic E-state index is -0.161. The van der Waals surface area contributed by atoms with Crippen molar-refractivity contribution in [2.24, 2.45) is 5.92 Å². The lowest BCUT2D eigenvalue weighted by Crippen LogP contribution is -2.46. The van der Waals surface area contributed by atoms with Gasteiger partial charge in [0.1, 0.15) is 0 Å². The molecule has 27 heavy (non-hydrogen) atoms. The molecule has 0 radical (unpaired) electrons. The molecule has 3 rings (SSSR count). The van der Waals surface area contributed by atoms with Crippen LogP contribution in [0.1, 0.15) is 44.0 Å². The average Bonchev–Trinajstić information content (AvgIpc) is 3.16. The number of rotatable bonds is 7. The fourth-order valence-corrected chi connectivity index (χ4v) is 3.23. The third-order valence-corrected chi connectivity index (χ3v) is 4.89. The van der Waals surface area contributed by atoms with Crippen LogP contribution in [0.3, 0.4) is 0 Å². The summed E-state index contributed by atoms with van der Waals surface area (Å²) in [6.07, 6.45) is 7.22. The van der Waals surface area contributed by atoms with Crippen molar-refractivity contribution in [3.8, 4) is 0 Å². The van der Waals surface area contributed by atoms with Crippen molar-refractivity contribution in [1.29, 1.82) is 0 Å². The van der Waals surface area contributed by atoms with Crippen LogP contribution in [0.5, 0.6) is 0 Å². The highest BCUT2D eigenvalue weighted by atomic mass is 16.2. The lowest BCUT2D eigenvalue weighted by molar-refractivity contribution is -0.138. The first-order valence-electron chi connectivity index (χ1n) is 9.51. The molecule has 0 saturated carbocycles. The Morgan fingerprint density at radius 3 is 2.93 bits per heavy atom. The third-order valence-electron chi connectivity index (χ3n) is 4.89. The first-order chi connectivity index (χ1) is 13.0. The number of hydrogen-bond acceptors (Lipinski definition) is 4. The van der Waals surface area contributed by atoms with Crippen LogP contribution in [0.4, 0.5) is 0 Å². The predicted molar refractivity (Wildman–Crippen MR) is 102 cm³/mol. The molecular formula is C20H27N5O2.